The Morgan fingerprint density at radius 3 is 2.54 bits per heavy atom. The highest BCUT2D eigenvalue weighted by atomic mass is 32.1. The molecular weight excluding hydrogens is 485 g/mol. The summed E-state index contributed by atoms with van der Waals surface area (Å²) < 4.78 is 14.2. The van der Waals surface area contributed by atoms with Crippen molar-refractivity contribution in [2.45, 2.75) is 45.6 Å². The first-order chi connectivity index (χ1) is 17.5. The van der Waals surface area contributed by atoms with Gasteiger partial charge in [-0.05, 0) is 70.4 Å². The zero-order valence-corrected chi connectivity index (χ0v) is 22.5. The normalized spacial score (nSPS) is 19.0. The number of nitrogens with two attached hydrogens (primary N) is 1. The lowest BCUT2D eigenvalue weighted by Crippen LogP contribution is -2.49. The second-order valence-corrected chi connectivity index (χ2v) is 11.7. The summed E-state index contributed by atoms with van der Waals surface area (Å²) in [5, 5.41) is 13.0. The highest BCUT2D eigenvalue weighted by molar-refractivity contribution is 7.80. The van der Waals surface area contributed by atoms with Gasteiger partial charge in [-0.15, -0.1) is 0 Å². The van der Waals surface area contributed by atoms with Crippen LogP contribution in [0.1, 0.15) is 56.7 Å². The van der Waals surface area contributed by atoms with Crippen molar-refractivity contribution in [3.8, 4) is 0 Å². The Bertz CT molecular complexity index is 1270. The summed E-state index contributed by atoms with van der Waals surface area (Å²) in [6.45, 7) is 7.95. The van der Waals surface area contributed by atoms with Gasteiger partial charge in [0.05, 0.1) is 6.04 Å². The van der Waals surface area contributed by atoms with E-state index >= 15 is 0 Å². The minimum absolute atomic E-state index is 0.0130. The molecule has 1 heterocycles. The van der Waals surface area contributed by atoms with Gasteiger partial charge in [0.25, 0.3) is 0 Å². The Morgan fingerprint density at radius 1 is 1.16 bits per heavy atom. The van der Waals surface area contributed by atoms with Gasteiger partial charge in [-0.25, -0.2) is 9.18 Å². The van der Waals surface area contributed by atoms with E-state index in [2.05, 4.69) is 39.0 Å². The molecule has 0 aliphatic carbocycles. The molecule has 37 heavy (non-hydrogen) atoms. The molecule has 2 unspecified atom stereocenters. The zero-order valence-electron chi connectivity index (χ0n) is 21.7. The van der Waals surface area contributed by atoms with E-state index in [1.165, 1.54) is 6.07 Å². The monoisotopic (exact) mass is 521 g/mol. The summed E-state index contributed by atoms with van der Waals surface area (Å²) in [5.41, 5.74) is 7.71. The maximum Gasteiger partial charge on any atom is 0.407 e. The van der Waals surface area contributed by atoms with Crippen LogP contribution in [0.25, 0.3) is 10.8 Å². The summed E-state index contributed by atoms with van der Waals surface area (Å²) in [5.74, 6) is -0.420. The number of nitrogens with zero attached hydrogens (tertiary/aromatic N) is 2. The predicted octanol–water partition coefficient (Wildman–Crippen LogP) is 6.79. The molecule has 7 heteroatoms. The molecule has 3 N–H and O–H groups in total. The molecular formula is C30H36FN3O2S. The van der Waals surface area contributed by atoms with Crippen LogP contribution in [0.3, 0.4) is 0 Å². The van der Waals surface area contributed by atoms with Crippen LogP contribution in [-0.4, -0.2) is 45.7 Å². The van der Waals surface area contributed by atoms with E-state index in [1.54, 1.807) is 17.0 Å². The SMILES string of the molecule is CC(C)(C)C[C@H](c1cccc2ccccc12)N(CC1CCN(C(N)=S)CC1c1cccc(F)c1)C(=O)O. The zero-order chi connectivity index (χ0) is 26.7. The number of halogens is 1. The number of piperidine rings is 1. The Hall–Kier alpha value is -3.19. The fourth-order valence-corrected chi connectivity index (χ4v) is 5.80. The first-order valence-electron chi connectivity index (χ1n) is 12.8. The largest absolute Gasteiger partial charge is 0.465 e. The van der Waals surface area contributed by atoms with E-state index in [0.29, 0.717) is 37.6 Å². The van der Waals surface area contributed by atoms with Crippen LogP contribution in [0.4, 0.5) is 9.18 Å². The van der Waals surface area contributed by atoms with E-state index in [-0.39, 0.29) is 29.1 Å². The molecule has 0 saturated carbocycles. The van der Waals surface area contributed by atoms with E-state index in [4.69, 9.17) is 18.0 Å². The molecule has 3 aromatic rings. The number of carboxylic acid groups (broad SMARTS) is 1. The lowest BCUT2D eigenvalue weighted by molar-refractivity contribution is 0.0843. The third kappa shape index (κ3) is 6.39. The van der Waals surface area contributed by atoms with E-state index in [1.807, 2.05) is 35.2 Å². The first-order valence-corrected chi connectivity index (χ1v) is 13.2. The number of hydrogen-bond donors (Lipinski definition) is 2. The Labute approximate surface area is 224 Å². The van der Waals surface area contributed by atoms with Gasteiger partial charge >= 0.3 is 6.09 Å². The van der Waals surface area contributed by atoms with Crippen LogP contribution < -0.4 is 5.73 Å². The number of fused-ring (bicyclic) bond motifs is 1. The minimum atomic E-state index is -0.947. The molecule has 0 spiro atoms. The Balaban J connectivity index is 1.74. The van der Waals surface area contributed by atoms with Crippen molar-refractivity contribution in [2.75, 3.05) is 19.6 Å². The molecule has 0 aromatic heterocycles. The third-order valence-corrected chi connectivity index (χ3v) is 7.64. The highest BCUT2D eigenvalue weighted by Crippen LogP contribution is 2.40. The van der Waals surface area contributed by atoms with E-state index in [0.717, 1.165) is 21.9 Å². The molecule has 0 radical (unpaired) electrons. The van der Waals surface area contributed by atoms with Crippen molar-refractivity contribution in [3.63, 3.8) is 0 Å². The van der Waals surface area contributed by atoms with Gasteiger partial charge in [-0.3, -0.25) is 0 Å². The maximum atomic E-state index is 14.2. The average Bonchev–Trinajstić information content (AvgIpc) is 2.85. The maximum absolute atomic E-state index is 14.2. The smallest absolute Gasteiger partial charge is 0.407 e. The summed E-state index contributed by atoms with van der Waals surface area (Å²) in [6, 6.07) is 20.5. The fraction of sp³-hybridized carbons (Fsp3) is 0.400. The summed E-state index contributed by atoms with van der Waals surface area (Å²) >= 11 is 5.25. The quantitative estimate of drug-likeness (QED) is 0.350. The number of likely N-dealkylation sites (tertiary alicyclic amines) is 1. The Morgan fingerprint density at radius 2 is 1.86 bits per heavy atom. The molecule has 1 aliphatic heterocycles. The molecule has 1 saturated heterocycles. The predicted molar refractivity (Wildman–Crippen MR) is 151 cm³/mol. The minimum Gasteiger partial charge on any atom is -0.465 e. The van der Waals surface area contributed by atoms with Gasteiger partial charge in [0, 0.05) is 25.6 Å². The van der Waals surface area contributed by atoms with Crippen molar-refractivity contribution >= 4 is 34.2 Å². The molecule has 196 valence electrons. The number of amides is 1. The second kappa shape index (κ2) is 11.1. The molecule has 3 atom stereocenters. The van der Waals surface area contributed by atoms with Crippen LogP contribution in [0.2, 0.25) is 0 Å². The number of benzene rings is 3. The van der Waals surface area contributed by atoms with Gasteiger partial charge in [-0.2, -0.15) is 0 Å². The number of rotatable bonds is 6. The molecule has 1 aliphatic rings. The second-order valence-electron chi connectivity index (χ2n) is 11.3. The number of hydrogen-bond acceptors (Lipinski definition) is 2. The van der Waals surface area contributed by atoms with Crippen LogP contribution in [-0.2, 0) is 0 Å². The van der Waals surface area contributed by atoms with Crippen molar-refractivity contribution in [3.05, 3.63) is 83.7 Å². The third-order valence-electron chi connectivity index (χ3n) is 7.39. The topological polar surface area (TPSA) is 69.8 Å². The van der Waals surface area contributed by atoms with Crippen molar-refractivity contribution in [1.82, 2.24) is 9.80 Å². The number of thiocarbonyl (C=S) groups is 1. The summed E-state index contributed by atoms with van der Waals surface area (Å²) in [7, 11) is 0. The molecule has 5 nitrogen and oxygen atoms in total. The lowest BCUT2D eigenvalue weighted by Gasteiger charge is -2.43. The molecule has 4 rings (SSSR count). The van der Waals surface area contributed by atoms with E-state index < -0.39 is 6.09 Å². The fourth-order valence-electron chi connectivity index (χ4n) is 5.63. The summed E-state index contributed by atoms with van der Waals surface area (Å²) in [6.07, 6.45) is 0.431. The van der Waals surface area contributed by atoms with Crippen molar-refractivity contribution in [2.24, 2.45) is 17.1 Å². The summed E-state index contributed by atoms with van der Waals surface area (Å²) in [4.78, 5) is 16.4. The number of carbonyl (C=O) groups is 1. The van der Waals surface area contributed by atoms with Crippen LogP contribution in [0.15, 0.2) is 66.7 Å². The van der Waals surface area contributed by atoms with Crippen molar-refractivity contribution < 1.29 is 14.3 Å². The Kier molecular flexibility index (Phi) is 8.02. The van der Waals surface area contributed by atoms with Crippen LogP contribution in [0.5, 0.6) is 0 Å². The van der Waals surface area contributed by atoms with Gasteiger partial charge in [0.2, 0.25) is 0 Å². The molecule has 1 fully saturated rings. The van der Waals surface area contributed by atoms with E-state index in [9.17, 15) is 14.3 Å². The van der Waals surface area contributed by atoms with Gasteiger partial charge in [0.1, 0.15) is 5.82 Å². The van der Waals surface area contributed by atoms with Crippen LogP contribution >= 0.6 is 12.2 Å². The first kappa shape index (κ1) is 26.9. The van der Waals surface area contributed by atoms with Gasteiger partial charge in [-0.1, -0.05) is 75.4 Å². The molecule has 1 amide bonds. The van der Waals surface area contributed by atoms with Crippen molar-refractivity contribution in [1.29, 1.82) is 0 Å². The van der Waals surface area contributed by atoms with Gasteiger partial charge < -0.3 is 20.6 Å². The van der Waals surface area contributed by atoms with Crippen LogP contribution in [0, 0.1) is 17.2 Å². The average molecular weight is 522 g/mol. The molecule has 3 aromatic carbocycles. The standard InChI is InChI=1S/C30H36FN3O2S/c1-30(2,3)17-27(25-13-7-9-20-8-4-5-12-24(20)25)34(29(35)36)18-22-14-15-33(28(32)37)19-26(22)21-10-6-11-23(31)16-21/h4-13,16,22,26-27H,14-15,17-19H2,1-3H3,(H2,32,37)(H,35,36)/t22?,26?,27-/m1/s1. The molecule has 0 bridgehead atoms. The lowest BCUT2D eigenvalue weighted by atomic mass is 9.79. The highest BCUT2D eigenvalue weighted by Gasteiger charge is 2.37. The van der Waals surface area contributed by atoms with Gasteiger partial charge in [0.15, 0.2) is 5.11 Å².